The molecule has 1 fully saturated rings. The van der Waals surface area contributed by atoms with E-state index in [0.29, 0.717) is 5.69 Å². The Balaban J connectivity index is 1.93. The van der Waals surface area contributed by atoms with Crippen LogP contribution in [0.15, 0.2) is 18.2 Å². The van der Waals surface area contributed by atoms with Crippen LogP contribution in [0.3, 0.4) is 0 Å². The quantitative estimate of drug-likeness (QED) is 0.627. The highest BCUT2D eigenvalue weighted by Crippen LogP contribution is 2.46. The Morgan fingerprint density at radius 2 is 2.12 bits per heavy atom. The minimum atomic E-state index is -1.13. The fourth-order valence-corrected chi connectivity index (χ4v) is 5.10. The zero-order valence-corrected chi connectivity index (χ0v) is 17.9. The lowest BCUT2D eigenvalue weighted by Crippen LogP contribution is -2.63. The molecule has 0 aliphatic carbocycles. The van der Waals surface area contributed by atoms with Crippen LogP contribution < -0.4 is 11.1 Å². The molecule has 3 N–H and O–H groups in total. The van der Waals surface area contributed by atoms with Crippen molar-refractivity contribution < 1.29 is 9.22 Å². The number of nitrogens with two attached hydrogens (primary N) is 1. The Morgan fingerprint density at radius 1 is 1.38 bits per heavy atom. The summed E-state index contributed by atoms with van der Waals surface area (Å²) in [6.07, 6.45) is 2.92. The first-order valence-corrected chi connectivity index (χ1v) is 12.5. The number of anilines is 2. The number of amides is 1. The molecule has 1 unspecified atom stereocenters. The highest BCUT2D eigenvalue weighted by Gasteiger charge is 2.53. The average Bonchev–Trinajstić information content (AvgIpc) is 2.97. The van der Waals surface area contributed by atoms with Crippen molar-refractivity contribution in [2.75, 3.05) is 24.2 Å². The first-order chi connectivity index (χ1) is 12.1. The number of fused-ring (bicyclic) bond motifs is 1. The SMILES string of the molecule is C[SiH](C)OC[C@@]1(C(C)(C)C)CCCN1C1Cc2ccc(N)cc2NC1=O. The number of carbonyl (C=O) groups excluding carboxylic acids is 1. The molecule has 0 saturated carbocycles. The molecule has 2 heterocycles. The first-order valence-electron chi connectivity index (χ1n) is 9.72. The standard InChI is InChI=1S/C20H33N3O2Si/c1-19(2,3)20(13-25-26(4)5)9-6-10-23(20)17-11-14-7-8-15(21)12-16(14)22-18(17)24/h7-8,12,17,26H,6,9-11,13,21H2,1-5H3,(H,22,24)/t17?,20-/m1/s1. The van der Waals surface area contributed by atoms with Gasteiger partial charge in [-0.2, -0.15) is 0 Å². The lowest BCUT2D eigenvalue weighted by molar-refractivity contribution is -0.127. The maximum absolute atomic E-state index is 13.0. The van der Waals surface area contributed by atoms with E-state index >= 15 is 0 Å². The van der Waals surface area contributed by atoms with Crippen molar-refractivity contribution in [1.82, 2.24) is 4.90 Å². The molecule has 0 bridgehead atoms. The molecule has 0 spiro atoms. The summed E-state index contributed by atoms with van der Waals surface area (Å²) < 4.78 is 6.25. The third kappa shape index (κ3) is 3.42. The van der Waals surface area contributed by atoms with E-state index in [-0.39, 0.29) is 22.9 Å². The number of nitrogens with zero attached hydrogens (tertiary/aromatic N) is 1. The highest BCUT2D eigenvalue weighted by molar-refractivity contribution is 6.48. The van der Waals surface area contributed by atoms with E-state index in [9.17, 15) is 4.79 Å². The molecule has 144 valence electrons. The lowest BCUT2D eigenvalue weighted by atomic mass is 9.71. The van der Waals surface area contributed by atoms with Crippen LogP contribution >= 0.6 is 0 Å². The second-order valence-corrected chi connectivity index (χ2v) is 11.5. The maximum atomic E-state index is 13.0. The number of benzene rings is 1. The van der Waals surface area contributed by atoms with Crippen LogP contribution in [0.5, 0.6) is 0 Å². The third-order valence-corrected chi connectivity index (χ3v) is 6.91. The number of hydrogen-bond donors (Lipinski definition) is 2. The van der Waals surface area contributed by atoms with E-state index < -0.39 is 9.04 Å². The van der Waals surface area contributed by atoms with Gasteiger partial charge in [0.2, 0.25) is 5.91 Å². The third-order valence-electron chi connectivity index (χ3n) is 6.07. The van der Waals surface area contributed by atoms with E-state index in [1.807, 2.05) is 18.2 Å². The average molecular weight is 376 g/mol. The molecule has 1 aromatic carbocycles. The monoisotopic (exact) mass is 375 g/mol. The molecular formula is C20H33N3O2Si. The summed E-state index contributed by atoms with van der Waals surface area (Å²) in [5.41, 5.74) is 8.52. The van der Waals surface area contributed by atoms with Crippen molar-refractivity contribution in [3.8, 4) is 0 Å². The number of nitrogen functional groups attached to an aromatic ring is 1. The summed E-state index contributed by atoms with van der Waals surface area (Å²) >= 11 is 0. The highest BCUT2D eigenvalue weighted by atomic mass is 28.3. The fourth-order valence-electron chi connectivity index (χ4n) is 4.49. The van der Waals surface area contributed by atoms with E-state index in [1.54, 1.807) is 0 Å². The van der Waals surface area contributed by atoms with E-state index in [2.05, 4.69) is 44.1 Å². The molecule has 3 rings (SSSR count). The number of likely N-dealkylation sites (tertiary alicyclic amines) is 1. The van der Waals surface area contributed by atoms with Crippen LogP contribution in [0.2, 0.25) is 13.1 Å². The summed E-state index contributed by atoms with van der Waals surface area (Å²) in [4.78, 5) is 15.4. The second-order valence-electron chi connectivity index (χ2n) is 9.06. The van der Waals surface area contributed by atoms with Crippen molar-refractivity contribution in [3.05, 3.63) is 23.8 Å². The summed E-state index contributed by atoms with van der Waals surface area (Å²) in [7, 11) is -1.13. The van der Waals surface area contributed by atoms with Crippen molar-refractivity contribution in [3.63, 3.8) is 0 Å². The van der Waals surface area contributed by atoms with Gasteiger partial charge in [0.05, 0.1) is 12.6 Å². The van der Waals surface area contributed by atoms with Gasteiger partial charge in [0, 0.05) is 16.9 Å². The predicted octanol–water partition coefficient (Wildman–Crippen LogP) is 3.01. The molecule has 2 atom stereocenters. The van der Waals surface area contributed by atoms with Crippen LogP contribution in [0.25, 0.3) is 0 Å². The normalized spacial score (nSPS) is 26.8. The number of nitrogens with one attached hydrogen (secondary N) is 1. The topological polar surface area (TPSA) is 67.6 Å². The van der Waals surface area contributed by atoms with Crippen molar-refractivity contribution in [2.24, 2.45) is 5.41 Å². The van der Waals surface area contributed by atoms with Gasteiger partial charge in [-0.05, 0) is 62.0 Å². The van der Waals surface area contributed by atoms with Gasteiger partial charge in [0.15, 0.2) is 9.04 Å². The molecule has 2 aliphatic heterocycles. The number of carbonyl (C=O) groups is 1. The molecule has 2 aliphatic rings. The lowest BCUT2D eigenvalue weighted by Gasteiger charge is -2.51. The van der Waals surface area contributed by atoms with Gasteiger partial charge in [-0.25, -0.2) is 0 Å². The van der Waals surface area contributed by atoms with Crippen LogP contribution in [-0.4, -0.2) is 44.6 Å². The van der Waals surface area contributed by atoms with Crippen LogP contribution in [-0.2, 0) is 15.6 Å². The largest absolute Gasteiger partial charge is 0.419 e. The fraction of sp³-hybridized carbons (Fsp3) is 0.650. The van der Waals surface area contributed by atoms with E-state index in [1.165, 1.54) is 0 Å². The summed E-state index contributed by atoms with van der Waals surface area (Å²) in [5, 5.41) is 3.09. The molecule has 1 amide bonds. The smallest absolute Gasteiger partial charge is 0.242 e. The van der Waals surface area contributed by atoms with Crippen molar-refractivity contribution in [1.29, 1.82) is 0 Å². The van der Waals surface area contributed by atoms with Crippen molar-refractivity contribution in [2.45, 2.75) is 64.7 Å². The van der Waals surface area contributed by atoms with Gasteiger partial charge in [0.1, 0.15) is 0 Å². The molecule has 0 radical (unpaired) electrons. The maximum Gasteiger partial charge on any atom is 0.242 e. The number of rotatable bonds is 4. The Kier molecular flexibility index (Phi) is 5.21. The zero-order valence-electron chi connectivity index (χ0n) is 16.8. The summed E-state index contributed by atoms with van der Waals surface area (Å²) in [6, 6.07) is 5.67. The number of hydrogen-bond acceptors (Lipinski definition) is 4. The molecule has 0 aromatic heterocycles. The Hall–Kier alpha value is -1.37. The molecule has 6 heteroatoms. The molecule has 1 aromatic rings. The molecule has 5 nitrogen and oxygen atoms in total. The minimum absolute atomic E-state index is 0.0362. The first kappa shape index (κ1) is 19.4. The van der Waals surface area contributed by atoms with Gasteiger partial charge in [-0.15, -0.1) is 0 Å². The molecular weight excluding hydrogens is 342 g/mol. The van der Waals surface area contributed by atoms with E-state index in [0.717, 1.165) is 43.7 Å². The van der Waals surface area contributed by atoms with Gasteiger partial charge < -0.3 is 15.5 Å². The van der Waals surface area contributed by atoms with Gasteiger partial charge in [-0.3, -0.25) is 9.69 Å². The van der Waals surface area contributed by atoms with Gasteiger partial charge in [-0.1, -0.05) is 26.8 Å². The van der Waals surface area contributed by atoms with Gasteiger partial charge >= 0.3 is 0 Å². The van der Waals surface area contributed by atoms with Crippen molar-refractivity contribution >= 4 is 26.3 Å². The summed E-state index contributed by atoms with van der Waals surface area (Å²) in [6.45, 7) is 12.9. The van der Waals surface area contributed by atoms with Crippen LogP contribution in [0, 0.1) is 5.41 Å². The van der Waals surface area contributed by atoms with Crippen LogP contribution in [0.4, 0.5) is 11.4 Å². The Labute approximate surface area is 159 Å². The minimum Gasteiger partial charge on any atom is -0.419 e. The molecule has 26 heavy (non-hydrogen) atoms. The summed E-state index contributed by atoms with van der Waals surface area (Å²) in [5.74, 6) is 0.0837. The Morgan fingerprint density at radius 3 is 2.77 bits per heavy atom. The van der Waals surface area contributed by atoms with E-state index in [4.69, 9.17) is 10.2 Å². The zero-order chi connectivity index (χ0) is 19.1. The Bertz CT molecular complexity index is 686. The molecule has 1 saturated heterocycles. The van der Waals surface area contributed by atoms with Crippen LogP contribution in [0.1, 0.15) is 39.2 Å². The second kappa shape index (κ2) is 6.98. The predicted molar refractivity (Wildman–Crippen MR) is 110 cm³/mol. The van der Waals surface area contributed by atoms with Gasteiger partial charge in [0.25, 0.3) is 0 Å².